The molecule has 3 aromatic rings. The molecule has 0 aliphatic heterocycles. The topological polar surface area (TPSA) is 62.2 Å². The van der Waals surface area contributed by atoms with E-state index in [-0.39, 0.29) is 5.56 Å². The highest BCUT2D eigenvalue weighted by atomic mass is 16.4. The molecule has 20 heavy (non-hydrogen) atoms. The molecule has 2 N–H and O–H groups in total. The number of hydrogen-bond acceptors (Lipinski definition) is 3. The molecule has 0 saturated heterocycles. The van der Waals surface area contributed by atoms with Gasteiger partial charge in [-0.2, -0.15) is 0 Å². The smallest absolute Gasteiger partial charge is 0.339 e. The molecule has 0 amide bonds. The lowest BCUT2D eigenvalue weighted by molar-refractivity contribution is 0.0697. The van der Waals surface area contributed by atoms with Crippen molar-refractivity contribution in [1.82, 2.24) is 4.98 Å². The Hall–Kier alpha value is -2.88. The van der Waals surface area contributed by atoms with Crippen LogP contribution in [0.3, 0.4) is 0 Å². The first-order valence-corrected chi connectivity index (χ1v) is 6.18. The zero-order chi connectivity index (χ0) is 13.9. The molecule has 1 aromatic heterocycles. The lowest BCUT2D eigenvalue weighted by Gasteiger charge is -2.11. The molecule has 0 spiro atoms. The fourth-order valence-corrected chi connectivity index (χ4v) is 2.15. The average molecular weight is 264 g/mol. The number of carboxylic acids is 1. The number of carboxylic acid groups (broad SMARTS) is 1. The van der Waals surface area contributed by atoms with Gasteiger partial charge in [0, 0.05) is 23.5 Å². The van der Waals surface area contributed by atoms with Crippen molar-refractivity contribution in [2.24, 2.45) is 0 Å². The predicted molar refractivity (Wildman–Crippen MR) is 78.4 cm³/mol. The molecule has 0 aliphatic carbocycles. The molecular weight excluding hydrogens is 252 g/mol. The molecule has 4 heteroatoms. The summed E-state index contributed by atoms with van der Waals surface area (Å²) in [6.45, 7) is 0. The van der Waals surface area contributed by atoms with Crippen molar-refractivity contribution in [2.45, 2.75) is 0 Å². The Morgan fingerprint density at radius 3 is 2.65 bits per heavy atom. The van der Waals surface area contributed by atoms with E-state index in [9.17, 15) is 9.90 Å². The molecule has 0 saturated carbocycles. The summed E-state index contributed by atoms with van der Waals surface area (Å²) in [5.41, 5.74) is 1.56. The maximum absolute atomic E-state index is 11.2. The van der Waals surface area contributed by atoms with Crippen molar-refractivity contribution in [3.63, 3.8) is 0 Å². The van der Waals surface area contributed by atoms with Crippen LogP contribution < -0.4 is 5.32 Å². The van der Waals surface area contributed by atoms with Crippen LogP contribution in [-0.2, 0) is 0 Å². The lowest BCUT2D eigenvalue weighted by Crippen LogP contribution is -2.03. The van der Waals surface area contributed by atoms with Crippen molar-refractivity contribution in [1.29, 1.82) is 0 Å². The SMILES string of the molecule is O=C(O)c1cnccc1Nc1cccc2ccccc12. The first-order chi connectivity index (χ1) is 9.75. The van der Waals surface area contributed by atoms with Crippen LogP contribution in [0.1, 0.15) is 10.4 Å². The summed E-state index contributed by atoms with van der Waals surface area (Å²) in [5, 5.41) is 14.5. The first-order valence-electron chi connectivity index (χ1n) is 6.18. The second-order valence-electron chi connectivity index (χ2n) is 4.38. The van der Waals surface area contributed by atoms with E-state index in [1.807, 2.05) is 42.5 Å². The number of pyridine rings is 1. The summed E-state index contributed by atoms with van der Waals surface area (Å²) >= 11 is 0. The highest BCUT2D eigenvalue weighted by Gasteiger charge is 2.10. The number of carbonyl (C=O) groups is 1. The Morgan fingerprint density at radius 1 is 1.00 bits per heavy atom. The monoisotopic (exact) mass is 264 g/mol. The summed E-state index contributed by atoms with van der Waals surface area (Å²) in [5.74, 6) is -0.999. The molecule has 3 rings (SSSR count). The minimum Gasteiger partial charge on any atom is -0.478 e. The Kier molecular flexibility index (Phi) is 3.05. The standard InChI is InChI=1S/C16H12N2O2/c19-16(20)13-10-17-9-8-15(13)18-14-7-3-5-11-4-1-2-6-12(11)14/h1-10H,(H,17,18)(H,19,20). The molecule has 98 valence electrons. The Labute approximate surface area is 115 Å². The van der Waals surface area contributed by atoms with E-state index in [0.717, 1.165) is 16.5 Å². The number of anilines is 2. The van der Waals surface area contributed by atoms with Crippen molar-refractivity contribution in [2.75, 3.05) is 5.32 Å². The van der Waals surface area contributed by atoms with E-state index >= 15 is 0 Å². The number of nitrogens with one attached hydrogen (secondary N) is 1. The maximum atomic E-state index is 11.2. The van der Waals surface area contributed by atoms with Gasteiger partial charge in [0.05, 0.1) is 5.69 Å². The summed E-state index contributed by atoms with van der Waals surface area (Å²) in [4.78, 5) is 15.0. The van der Waals surface area contributed by atoms with Gasteiger partial charge in [-0.05, 0) is 17.5 Å². The predicted octanol–water partition coefficient (Wildman–Crippen LogP) is 3.68. The van der Waals surface area contributed by atoms with Gasteiger partial charge in [-0.15, -0.1) is 0 Å². The third-order valence-corrected chi connectivity index (χ3v) is 3.11. The third-order valence-electron chi connectivity index (χ3n) is 3.11. The van der Waals surface area contributed by atoms with E-state index in [1.165, 1.54) is 6.20 Å². The number of aromatic nitrogens is 1. The minimum atomic E-state index is -0.999. The average Bonchev–Trinajstić information content (AvgIpc) is 2.48. The number of fused-ring (bicyclic) bond motifs is 1. The lowest BCUT2D eigenvalue weighted by atomic mass is 10.1. The van der Waals surface area contributed by atoms with Crippen LogP contribution in [0.5, 0.6) is 0 Å². The van der Waals surface area contributed by atoms with Crippen LogP contribution in [0.25, 0.3) is 10.8 Å². The number of hydrogen-bond donors (Lipinski definition) is 2. The van der Waals surface area contributed by atoms with E-state index in [4.69, 9.17) is 0 Å². The molecule has 2 aromatic carbocycles. The van der Waals surface area contributed by atoms with Gasteiger partial charge >= 0.3 is 5.97 Å². The summed E-state index contributed by atoms with van der Waals surface area (Å²) in [6, 6.07) is 15.5. The van der Waals surface area contributed by atoms with E-state index in [2.05, 4.69) is 10.3 Å². The van der Waals surface area contributed by atoms with Crippen molar-refractivity contribution in [3.8, 4) is 0 Å². The molecule has 0 unspecified atom stereocenters. The molecule has 0 aliphatic rings. The van der Waals surface area contributed by atoms with Gasteiger partial charge in [0.1, 0.15) is 5.56 Å². The highest BCUT2D eigenvalue weighted by Crippen LogP contribution is 2.27. The van der Waals surface area contributed by atoms with Gasteiger partial charge in [-0.25, -0.2) is 4.79 Å². The molecule has 1 heterocycles. The fraction of sp³-hybridized carbons (Fsp3) is 0. The summed E-state index contributed by atoms with van der Waals surface area (Å²) in [7, 11) is 0. The van der Waals surface area contributed by atoms with Gasteiger partial charge in [0.25, 0.3) is 0 Å². The number of rotatable bonds is 3. The summed E-state index contributed by atoms with van der Waals surface area (Å²) in [6.07, 6.45) is 2.91. The number of aromatic carboxylic acids is 1. The van der Waals surface area contributed by atoms with E-state index in [0.29, 0.717) is 5.69 Å². The molecule has 0 bridgehead atoms. The number of nitrogens with zero attached hydrogens (tertiary/aromatic N) is 1. The zero-order valence-electron chi connectivity index (χ0n) is 10.6. The molecule has 0 radical (unpaired) electrons. The summed E-state index contributed by atoms with van der Waals surface area (Å²) < 4.78 is 0. The Balaban J connectivity index is 2.08. The van der Waals surface area contributed by atoms with Crippen LogP contribution >= 0.6 is 0 Å². The molecular formula is C16H12N2O2. The fourth-order valence-electron chi connectivity index (χ4n) is 2.15. The third kappa shape index (κ3) is 2.19. The van der Waals surface area contributed by atoms with Crippen LogP contribution in [-0.4, -0.2) is 16.1 Å². The highest BCUT2D eigenvalue weighted by molar-refractivity contribution is 5.99. The second kappa shape index (κ2) is 5.01. The van der Waals surface area contributed by atoms with Gasteiger partial charge in [-0.1, -0.05) is 36.4 Å². The molecule has 4 nitrogen and oxygen atoms in total. The Morgan fingerprint density at radius 2 is 1.80 bits per heavy atom. The Bertz CT molecular complexity index is 779. The van der Waals surface area contributed by atoms with Gasteiger partial charge in [-0.3, -0.25) is 4.98 Å². The maximum Gasteiger partial charge on any atom is 0.339 e. The molecule has 0 atom stereocenters. The largest absolute Gasteiger partial charge is 0.478 e. The van der Waals surface area contributed by atoms with Gasteiger partial charge in [0.15, 0.2) is 0 Å². The van der Waals surface area contributed by atoms with Crippen molar-refractivity contribution < 1.29 is 9.90 Å². The van der Waals surface area contributed by atoms with Crippen LogP contribution in [0.15, 0.2) is 60.9 Å². The van der Waals surface area contributed by atoms with Crippen LogP contribution in [0, 0.1) is 0 Å². The van der Waals surface area contributed by atoms with Crippen molar-refractivity contribution >= 4 is 28.1 Å². The first kappa shape index (κ1) is 12.2. The second-order valence-corrected chi connectivity index (χ2v) is 4.38. The van der Waals surface area contributed by atoms with E-state index < -0.39 is 5.97 Å². The minimum absolute atomic E-state index is 0.153. The van der Waals surface area contributed by atoms with Gasteiger partial charge in [0.2, 0.25) is 0 Å². The zero-order valence-corrected chi connectivity index (χ0v) is 10.6. The molecule has 0 fully saturated rings. The van der Waals surface area contributed by atoms with Crippen LogP contribution in [0.2, 0.25) is 0 Å². The van der Waals surface area contributed by atoms with Crippen molar-refractivity contribution in [3.05, 3.63) is 66.5 Å². The van der Waals surface area contributed by atoms with Crippen LogP contribution in [0.4, 0.5) is 11.4 Å². The quantitative estimate of drug-likeness (QED) is 0.757. The normalized spacial score (nSPS) is 10.4. The van der Waals surface area contributed by atoms with E-state index in [1.54, 1.807) is 12.3 Å². The number of benzene rings is 2. The van der Waals surface area contributed by atoms with Gasteiger partial charge < -0.3 is 10.4 Å².